The summed E-state index contributed by atoms with van der Waals surface area (Å²) in [4.78, 5) is 16.8. The third kappa shape index (κ3) is 4.42. The molecule has 132 valence electrons. The lowest BCUT2D eigenvalue weighted by molar-refractivity contribution is -0.129. The number of halogens is 2. The van der Waals surface area contributed by atoms with Crippen LogP contribution < -0.4 is 10.1 Å². The Morgan fingerprint density at radius 1 is 1.29 bits per heavy atom. The van der Waals surface area contributed by atoms with Gasteiger partial charge in [0.05, 0.1) is 6.42 Å². The number of rotatable bonds is 5. The molecule has 0 saturated carbocycles. The lowest BCUT2D eigenvalue weighted by atomic mass is 10.1. The number of hydrogen-bond donors (Lipinski definition) is 1. The van der Waals surface area contributed by atoms with E-state index in [0.717, 1.165) is 45.7 Å². The molecule has 1 N–H and O–H groups in total. The van der Waals surface area contributed by atoms with Crippen molar-refractivity contribution in [1.82, 2.24) is 15.1 Å². The topological polar surface area (TPSA) is 44.8 Å². The molecule has 2 heterocycles. The van der Waals surface area contributed by atoms with Crippen molar-refractivity contribution in [2.45, 2.75) is 25.5 Å². The molecule has 2 fully saturated rings. The summed E-state index contributed by atoms with van der Waals surface area (Å²) in [6.07, 6.45) is 1.22. The second-order valence-corrected chi connectivity index (χ2v) is 6.27. The quantitative estimate of drug-likeness (QED) is 0.879. The van der Waals surface area contributed by atoms with Crippen molar-refractivity contribution in [1.29, 1.82) is 0 Å². The molecule has 2 aliphatic heterocycles. The monoisotopic (exact) mass is 339 g/mol. The van der Waals surface area contributed by atoms with Gasteiger partial charge in [-0.05, 0) is 24.1 Å². The highest BCUT2D eigenvalue weighted by molar-refractivity contribution is 5.79. The third-order valence-corrected chi connectivity index (χ3v) is 4.66. The number of piperazine rings is 1. The summed E-state index contributed by atoms with van der Waals surface area (Å²) in [5, 5.41) is 3.34. The van der Waals surface area contributed by atoms with Gasteiger partial charge in [0.1, 0.15) is 5.75 Å². The average Bonchev–Trinajstić information content (AvgIpc) is 3.05. The fourth-order valence-electron chi connectivity index (χ4n) is 3.43. The van der Waals surface area contributed by atoms with Gasteiger partial charge >= 0.3 is 6.61 Å². The minimum atomic E-state index is -2.85. The molecule has 0 radical (unpaired) electrons. The predicted molar refractivity (Wildman–Crippen MR) is 86.2 cm³/mol. The van der Waals surface area contributed by atoms with Crippen LogP contribution in [0.3, 0.4) is 0 Å². The first-order chi connectivity index (χ1) is 11.6. The van der Waals surface area contributed by atoms with E-state index in [4.69, 9.17) is 0 Å². The predicted octanol–water partition coefficient (Wildman–Crippen LogP) is 1.34. The maximum atomic E-state index is 12.5. The maximum Gasteiger partial charge on any atom is 0.387 e. The van der Waals surface area contributed by atoms with Crippen molar-refractivity contribution in [2.24, 2.45) is 0 Å². The van der Waals surface area contributed by atoms with E-state index in [1.807, 2.05) is 4.90 Å². The Kier molecular flexibility index (Phi) is 5.63. The number of ether oxygens (including phenoxy) is 1. The molecular formula is C17H23F2N3O2. The zero-order chi connectivity index (χ0) is 16.9. The van der Waals surface area contributed by atoms with Gasteiger partial charge in [0.2, 0.25) is 5.91 Å². The van der Waals surface area contributed by atoms with E-state index < -0.39 is 6.61 Å². The number of benzene rings is 1. The zero-order valence-corrected chi connectivity index (χ0v) is 13.6. The molecule has 1 amide bonds. The van der Waals surface area contributed by atoms with Crippen molar-refractivity contribution >= 4 is 5.91 Å². The van der Waals surface area contributed by atoms with Crippen molar-refractivity contribution in [3.63, 3.8) is 0 Å². The fraction of sp³-hybridized carbons (Fsp3) is 0.588. The first kappa shape index (κ1) is 17.1. The Labute approximate surface area is 140 Å². The fourth-order valence-corrected chi connectivity index (χ4v) is 3.43. The summed E-state index contributed by atoms with van der Waals surface area (Å²) >= 11 is 0. The zero-order valence-electron chi connectivity index (χ0n) is 13.6. The molecule has 0 bridgehead atoms. The highest BCUT2D eigenvalue weighted by Gasteiger charge is 2.30. The number of nitrogens with zero attached hydrogens (tertiary/aromatic N) is 2. The van der Waals surface area contributed by atoms with Gasteiger partial charge in [0.25, 0.3) is 0 Å². The van der Waals surface area contributed by atoms with Gasteiger partial charge in [-0.3, -0.25) is 9.69 Å². The van der Waals surface area contributed by atoms with Crippen LogP contribution in [0.25, 0.3) is 0 Å². The molecule has 7 heteroatoms. The van der Waals surface area contributed by atoms with E-state index in [2.05, 4.69) is 15.0 Å². The highest BCUT2D eigenvalue weighted by atomic mass is 19.3. The lowest BCUT2D eigenvalue weighted by Crippen LogP contribution is -2.49. The summed E-state index contributed by atoms with van der Waals surface area (Å²) in [6.45, 7) is 2.73. The molecule has 2 aliphatic rings. The Morgan fingerprint density at radius 3 is 2.83 bits per heavy atom. The SMILES string of the molecule is O=C(Cc1cccc(OC(F)F)c1)N1CCC(N2CCNCC2)C1. The number of amides is 1. The van der Waals surface area contributed by atoms with E-state index in [1.54, 1.807) is 12.1 Å². The Bertz CT molecular complexity index is 565. The van der Waals surface area contributed by atoms with Crippen LogP contribution in [0.4, 0.5) is 8.78 Å². The van der Waals surface area contributed by atoms with Gasteiger partial charge < -0.3 is 15.0 Å². The van der Waals surface area contributed by atoms with Crippen LogP contribution in [0.2, 0.25) is 0 Å². The molecule has 0 aromatic heterocycles. The van der Waals surface area contributed by atoms with Gasteiger partial charge in [0.15, 0.2) is 0 Å². The van der Waals surface area contributed by atoms with E-state index >= 15 is 0 Å². The van der Waals surface area contributed by atoms with Crippen LogP contribution in [0.15, 0.2) is 24.3 Å². The average molecular weight is 339 g/mol. The smallest absolute Gasteiger partial charge is 0.387 e. The molecule has 1 atom stereocenters. The van der Waals surface area contributed by atoms with Crippen molar-refractivity contribution in [3.05, 3.63) is 29.8 Å². The summed E-state index contributed by atoms with van der Waals surface area (Å²) in [7, 11) is 0. The van der Waals surface area contributed by atoms with E-state index in [0.29, 0.717) is 11.6 Å². The largest absolute Gasteiger partial charge is 0.435 e. The van der Waals surface area contributed by atoms with Crippen molar-refractivity contribution < 1.29 is 18.3 Å². The van der Waals surface area contributed by atoms with Crippen LogP contribution in [-0.4, -0.2) is 67.6 Å². The van der Waals surface area contributed by atoms with Gasteiger partial charge in [-0.2, -0.15) is 8.78 Å². The lowest BCUT2D eigenvalue weighted by Gasteiger charge is -2.32. The van der Waals surface area contributed by atoms with E-state index in [1.165, 1.54) is 12.1 Å². The summed E-state index contributed by atoms with van der Waals surface area (Å²) in [5.41, 5.74) is 0.698. The minimum Gasteiger partial charge on any atom is -0.435 e. The summed E-state index contributed by atoms with van der Waals surface area (Å²) in [6, 6.07) is 6.81. The second kappa shape index (κ2) is 7.90. The van der Waals surface area contributed by atoms with Gasteiger partial charge in [-0.1, -0.05) is 12.1 Å². The number of alkyl halides is 2. The summed E-state index contributed by atoms with van der Waals surface area (Å²) < 4.78 is 28.9. The first-order valence-electron chi connectivity index (χ1n) is 8.38. The number of carbonyl (C=O) groups excluding carboxylic acids is 1. The molecule has 1 aromatic rings. The van der Waals surface area contributed by atoms with Gasteiger partial charge in [-0.15, -0.1) is 0 Å². The molecule has 2 saturated heterocycles. The summed E-state index contributed by atoms with van der Waals surface area (Å²) in [5.74, 6) is 0.136. The second-order valence-electron chi connectivity index (χ2n) is 6.27. The number of nitrogens with one attached hydrogen (secondary N) is 1. The molecule has 24 heavy (non-hydrogen) atoms. The highest BCUT2D eigenvalue weighted by Crippen LogP contribution is 2.20. The van der Waals surface area contributed by atoms with Gasteiger partial charge in [-0.25, -0.2) is 0 Å². The number of likely N-dealkylation sites (tertiary alicyclic amines) is 1. The third-order valence-electron chi connectivity index (χ3n) is 4.66. The first-order valence-corrected chi connectivity index (χ1v) is 8.38. The van der Waals surface area contributed by atoms with E-state index in [9.17, 15) is 13.6 Å². The normalized spacial score (nSPS) is 22.1. The molecule has 0 aliphatic carbocycles. The molecule has 3 rings (SSSR count). The number of hydrogen-bond acceptors (Lipinski definition) is 4. The standard InChI is InChI=1S/C17H23F2N3O2/c18-17(19)24-15-3-1-2-13(10-15)11-16(23)22-7-4-14(12-22)21-8-5-20-6-9-21/h1-3,10,14,17,20H,4-9,11-12H2. The van der Waals surface area contributed by atoms with Crippen molar-refractivity contribution in [2.75, 3.05) is 39.3 Å². The molecule has 1 unspecified atom stereocenters. The molecule has 5 nitrogen and oxygen atoms in total. The Hall–Kier alpha value is -1.73. The van der Waals surface area contributed by atoms with Crippen LogP contribution in [-0.2, 0) is 11.2 Å². The van der Waals surface area contributed by atoms with Crippen molar-refractivity contribution in [3.8, 4) is 5.75 Å². The van der Waals surface area contributed by atoms with Crippen LogP contribution in [0.1, 0.15) is 12.0 Å². The Morgan fingerprint density at radius 2 is 2.08 bits per heavy atom. The van der Waals surface area contributed by atoms with Crippen LogP contribution in [0.5, 0.6) is 5.75 Å². The molecular weight excluding hydrogens is 316 g/mol. The molecule has 1 aromatic carbocycles. The van der Waals surface area contributed by atoms with Gasteiger partial charge in [0, 0.05) is 45.3 Å². The van der Waals surface area contributed by atoms with Crippen LogP contribution >= 0.6 is 0 Å². The maximum absolute atomic E-state index is 12.5. The van der Waals surface area contributed by atoms with E-state index in [-0.39, 0.29) is 18.1 Å². The Balaban J connectivity index is 1.53. The van der Waals surface area contributed by atoms with Crippen LogP contribution in [0, 0.1) is 0 Å². The number of carbonyl (C=O) groups is 1. The molecule has 0 spiro atoms. The minimum absolute atomic E-state index is 0.0434.